The van der Waals surface area contributed by atoms with Crippen molar-refractivity contribution in [2.75, 3.05) is 7.11 Å². The number of nitrogens with zero attached hydrogens (tertiary/aromatic N) is 4. The average Bonchev–Trinajstić information content (AvgIpc) is 3.26. The number of nitrogens with one attached hydrogen (secondary N) is 1. The molecule has 0 aliphatic rings. The van der Waals surface area contributed by atoms with Gasteiger partial charge in [-0.3, -0.25) is 19.5 Å². The molecule has 0 fully saturated rings. The number of nitro groups is 1. The Morgan fingerprint density at radius 1 is 1.25 bits per heavy atom. The standard InChI is InChI=1S/C18H15N5O5/c1-28-18(25)14-6-13(7-15(8-14)23(26)27)17(24)21-10-12-2-3-16(20-9-12)22-5-4-19-11-22/h2-9,11H,10H2,1H3,(H,21,24). The fourth-order valence-electron chi connectivity index (χ4n) is 2.44. The number of carbonyl (C=O) groups excluding carboxylic acids is 2. The highest BCUT2D eigenvalue weighted by atomic mass is 16.6. The Balaban J connectivity index is 1.73. The third-order valence-corrected chi connectivity index (χ3v) is 3.84. The molecular formula is C18H15N5O5. The van der Waals surface area contributed by atoms with Crippen LogP contribution in [0, 0.1) is 10.1 Å². The van der Waals surface area contributed by atoms with E-state index < -0.39 is 16.8 Å². The lowest BCUT2D eigenvalue weighted by molar-refractivity contribution is -0.384. The fourth-order valence-corrected chi connectivity index (χ4v) is 2.44. The van der Waals surface area contributed by atoms with Crippen LogP contribution in [-0.2, 0) is 11.3 Å². The predicted octanol–water partition coefficient (Wildman–Crippen LogP) is 1.89. The average molecular weight is 381 g/mol. The molecule has 10 nitrogen and oxygen atoms in total. The second-order valence-electron chi connectivity index (χ2n) is 5.69. The van der Waals surface area contributed by atoms with Gasteiger partial charge in [0.25, 0.3) is 11.6 Å². The van der Waals surface area contributed by atoms with Gasteiger partial charge in [-0.05, 0) is 17.7 Å². The Morgan fingerprint density at radius 3 is 2.64 bits per heavy atom. The molecule has 28 heavy (non-hydrogen) atoms. The maximum atomic E-state index is 12.4. The van der Waals surface area contributed by atoms with E-state index in [9.17, 15) is 19.7 Å². The summed E-state index contributed by atoms with van der Waals surface area (Å²) in [6.45, 7) is 0.159. The molecule has 3 aromatic rings. The molecule has 3 rings (SSSR count). The molecule has 2 heterocycles. The number of esters is 1. The molecule has 0 saturated carbocycles. The summed E-state index contributed by atoms with van der Waals surface area (Å²) in [6, 6.07) is 6.96. The third-order valence-electron chi connectivity index (χ3n) is 3.84. The van der Waals surface area contributed by atoms with Gasteiger partial charge in [-0.1, -0.05) is 6.07 Å². The number of carbonyl (C=O) groups is 2. The number of pyridine rings is 1. The predicted molar refractivity (Wildman–Crippen MR) is 97.0 cm³/mol. The van der Waals surface area contributed by atoms with Crippen molar-refractivity contribution in [2.24, 2.45) is 0 Å². The zero-order valence-corrected chi connectivity index (χ0v) is 14.7. The molecule has 0 aliphatic carbocycles. The van der Waals surface area contributed by atoms with Crippen LogP contribution in [0.3, 0.4) is 0 Å². The highest BCUT2D eigenvalue weighted by Gasteiger charge is 2.18. The van der Waals surface area contributed by atoms with E-state index in [1.807, 2.05) is 0 Å². The van der Waals surface area contributed by atoms with Crippen LogP contribution in [0.2, 0.25) is 0 Å². The van der Waals surface area contributed by atoms with E-state index in [0.717, 1.165) is 24.8 Å². The monoisotopic (exact) mass is 381 g/mol. The molecule has 0 atom stereocenters. The van der Waals surface area contributed by atoms with Gasteiger partial charge in [0.15, 0.2) is 0 Å². The first-order valence-corrected chi connectivity index (χ1v) is 8.07. The van der Waals surface area contributed by atoms with E-state index in [1.165, 1.54) is 6.07 Å². The van der Waals surface area contributed by atoms with Gasteiger partial charge in [0.1, 0.15) is 12.1 Å². The van der Waals surface area contributed by atoms with E-state index in [2.05, 4.69) is 20.0 Å². The smallest absolute Gasteiger partial charge is 0.338 e. The van der Waals surface area contributed by atoms with E-state index in [0.29, 0.717) is 5.82 Å². The molecule has 2 aromatic heterocycles. The normalized spacial score (nSPS) is 10.3. The Labute approximate surface area is 159 Å². The summed E-state index contributed by atoms with van der Waals surface area (Å²) >= 11 is 0. The number of benzene rings is 1. The molecule has 0 unspecified atom stereocenters. The zero-order valence-electron chi connectivity index (χ0n) is 14.7. The van der Waals surface area contributed by atoms with E-state index in [-0.39, 0.29) is 23.4 Å². The first kappa shape index (κ1) is 18.7. The van der Waals surface area contributed by atoms with Gasteiger partial charge in [0.2, 0.25) is 0 Å². The van der Waals surface area contributed by atoms with Gasteiger partial charge < -0.3 is 10.1 Å². The maximum Gasteiger partial charge on any atom is 0.338 e. The van der Waals surface area contributed by atoms with Crippen LogP contribution in [0.15, 0.2) is 55.2 Å². The number of nitro benzene ring substituents is 1. The Morgan fingerprint density at radius 2 is 2.04 bits per heavy atom. The highest BCUT2D eigenvalue weighted by Crippen LogP contribution is 2.18. The van der Waals surface area contributed by atoms with Gasteiger partial charge in [0.05, 0.1) is 17.6 Å². The Kier molecular flexibility index (Phi) is 5.40. The summed E-state index contributed by atoms with van der Waals surface area (Å²) in [5.74, 6) is -0.654. The lowest BCUT2D eigenvalue weighted by atomic mass is 10.1. The van der Waals surface area contributed by atoms with Gasteiger partial charge >= 0.3 is 5.97 Å². The first-order chi connectivity index (χ1) is 13.5. The minimum absolute atomic E-state index is 0.0161. The van der Waals surface area contributed by atoms with Crippen molar-refractivity contribution in [3.05, 3.63) is 82.1 Å². The number of hydrogen-bond donors (Lipinski definition) is 1. The molecule has 1 N–H and O–H groups in total. The quantitative estimate of drug-likeness (QED) is 0.392. The molecule has 0 radical (unpaired) electrons. The van der Waals surface area contributed by atoms with Crippen LogP contribution < -0.4 is 5.32 Å². The largest absolute Gasteiger partial charge is 0.465 e. The van der Waals surface area contributed by atoms with Crippen LogP contribution >= 0.6 is 0 Å². The number of ether oxygens (including phenoxy) is 1. The topological polar surface area (TPSA) is 129 Å². The number of imidazole rings is 1. The third kappa shape index (κ3) is 4.18. The Hall–Kier alpha value is -4.08. The van der Waals surface area contributed by atoms with Crippen LogP contribution in [0.1, 0.15) is 26.3 Å². The summed E-state index contributed by atoms with van der Waals surface area (Å²) in [5.41, 5.74) is 0.265. The molecule has 0 bridgehead atoms. The van der Waals surface area contributed by atoms with Gasteiger partial charge in [0, 0.05) is 42.8 Å². The fraction of sp³-hybridized carbons (Fsp3) is 0.111. The van der Waals surface area contributed by atoms with E-state index in [1.54, 1.807) is 41.6 Å². The summed E-state index contributed by atoms with van der Waals surface area (Å²) in [5, 5.41) is 13.7. The van der Waals surface area contributed by atoms with Gasteiger partial charge in [-0.25, -0.2) is 14.8 Å². The molecule has 1 amide bonds. The molecule has 0 aliphatic heterocycles. The number of hydrogen-bond acceptors (Lipinski definition) is 7. The van der Waals surface area contributed by atoms with Crippen LogP contribution in [0.4, 0.5) is 5.69 Å². The van der Waals surface area contributed by atoms with Gasteiger partial charge in [-0.15, -0.1) is 0 Å². The number of non-ortho nitro benzene ring substituents is 1. The van der Waals surface area contributed by atoms with E-state index in [4.69, 9.17) is 0 Å². The molecule has 0 saturated heterocycles. The SMILES string of the molecule is COC(=O)c1cc(C(=O)NCc2ccc(-n3ccnc3)nc2)cc([N+](=O)[O-])c1. The second kappa shape index (κ2) is 8.08. The lowest BCUT2D eigenvalue weighted by Crippen LogP contribution is -2.23. The number of rotatable bonds is 6. The maximum absolute atomic E-state index is 12.4. The molecule has 142 valence electrons. The van der Waals surface area contributed by atoms with Crippen molar-refractivity contribution >= 4 is 17.6 Å². The minimum Gasteiger partial charge on any atom is -0.465 e. The second-order valence-corrected chi connectivity index (χ2v) is 5.69. The van der Waals surface area contributed by atoms with Crippen molar-refractivity contribution in [1.29, 1.82) is 0 Å². The van der Waals surface area contributed by atoms with Crippen molar-refractivity contribution in [3.8, 4) is 5.82 Å². The zero-order chi connectivity index (χ0) is 20.1. The summed E-state index contributed by atoms with van der Waals surface area (Å²) in [7, 11) is 1.15. The van der Waals surface area contributed by atoms with Crippen LogP contribution in [0.25, 0.3) is 5.82 Å². The highest BCUT2D eigenvalue weighted by molar-refractivity contribution is 5.98. The molecular weight excluding hydrogens is 366 g/mol. The number of aromatic nitrogens is 3. The molecule has 0 spiro atoms. The van der Waals surface area contributed by atoms with Gasteiger partial charge in [-0.2, -0.15) is 0 Å². The van der Waals surface area contributed by atoms with Crippen molar-refractivity contribution in [1.82, 2.24) is 19.9 Å². The first-order valence-electron chi connectivity index (χ1n) is 8.07. The molecule has 1 aromatic carbocycles. The lowest BCUT2D eigenvalue weighted by Gasteiger charge is -2.08. The summed E-state index contributed by atoms with van der Waals surface area (Å²) in [4.78, 5) is 42.7. The van der Waals surface area contributed by atoms with Crippen molar-refractivity contribution in [3.63, 3.8) is 0 Å². The van der Waals surface area contributed by atoms with Crippen LogP contribution in [0.5, 0.6) is 0 Å². The summed E-state index contributed by atoms with van der Waals surface area (Å²) < 4.78 is 6.30. The van der Waals surface area contributed by atoms with Crippen LogP contribution in [-0.4, -0.2) is 38.4 Å². The Bertz CT molecular complexity index is 1020. The van der Waals surface area contributed by atoms with E-state index >= 15 is 0 Å². The summed E-state index contributed by atoms with van der Waals surface area (Å²) in [6.07, 6.45) is 6.61. The number of amides is 1. The van der Waals surface area contributed by atoms with Crippen molar-refractivity contribution in [2.45, 2.75) is 6.54 Å². The minimum atomic E-state index is -0.767. The molecule has 10 heteroatoms. The van der Waals surface area contributed by atoms with Crippen molar-refractivity contribution < 1.29 is 19.2 Å². The number of methoxy groups -OCH3 is 1.